The van der Waals surface area contributed by atoms with E-state index >= 15 is 0 Å². The second kappa shape index (κ2) is 8.88. The molecule has 3 aromatic carbocycles. The summed E-state index contributed by atoms with van der Waals surface area (Å²) in [4.78, 5) is 20.7. The Labute approximate surface area is 189 Å². The first-order chi connectivity index (χ1) is 14.9. The predicted octanol–water partition coefficient (Wildman–Crippen LogP) is 5.95. The number of anilines is 1. The van der Waals surface area contributed by atoms with Gasteiger partial charge in [-0.1, -0.05) is 35.3 Å². The first-order valence-corrected chi connectivity index (χ1v) is 10.3. The number of H-pyrrole nitrogens is 1. The number of hydrogen-bond acceptors (Lipinski definition) is 4. The summed E-state index contributed by atoms with van der Waals surface area (Å²) in [6.07, 6.45) is -0.807. The Bertz CT molecular complexity index is 1220. The number of benzene rings is 3. The summed E-state index contributed by atoms with van der Waals surface area (Å²) >= 11 is 12.0. The highest BCUT2D eigenvalue weighted by Gasteiger charge is 2.19. The average Bonchev–Trinajstić information content (AvgIpc) is 3.20. The van der Waals surface area contributed by atoms with Gasteiger partial charge in [0.2, 0.25) is 0 Å². The molecule has 8 heteroatoms. The lowest BCUT2D eigenvalue weighted by atomic mass is 10.1. The average molecular weight is 456 g/mol. The molecule has 1 amide bonds. The summed E-state index contributed by atoms with van der Waals surface area (Å²) < 4.78 is 11.1. The molecular formula is C23H19Cl2N3O3. The van der Waals surface area contributed by atoms with Crippen LogP contribution >= 0.6 is 23.2 Å². The fourth-order valence-electron chi connectivity index (χ4n) is 3.09. The van der Waals surface area contributed by atoms with Gasteiger partial charge in [0.25, 0.3) is 5.91 Å². The van der Waals surface area contributed by atoms with E-state index in [9.17, 15) is 4.79 Å². The molecule has 6 nitrogen and oxygen atoms in total. The number of fused-ring (bicyclic) bond motifs is 1. The topological polar surface area (TPSA) is 76.2 Å². The summed E-state index contributed by atoms with van der Waals surface area (Å²) in [7, 11) is 1.54. The third kappa shape index (κ3) is 4.60. The fourth-order valence-corrected chi connectivity index (χ4v) is 3.54. The minimum Gasteiger partial charge on any atom is -0.495 e. The predicted molar refractivity (Wildman–Crippen MR) is 123 cm³/mol. The van der Waals surface area contributed by atoms with E-state index < -0.39 is 6.10 Å². The summed E-state index contributed by atoms with van der Waals surface area (Å²) in [5.41, 5.74) is 3.10. The molecule has 0 aliphatic carbocycles. The number of aromatic amines is 1. The normalized spacial score (nSPS) is 11.9. The van der Waals surface area contributed by atoms with E-state index in [0.29, 0.717) is 33.1 Å². The molecule has 4 rings (SSSR count). The van der Waals surface area contributed by atoms with Crippen LogP contribution in [-0.4, -0.2) is 29.1 Å². The molecule has 1 unspecified atom stereocenters. The number of nitrogens with zero attached hydrogens (tertiary/aromatic N) is 1. The Morgan fingerprint density at radius 1 is 1.06 bits per heavy atom. The highest BCUT2D eigenvalue weighted by molar-refractivity contribution is 6.35. The number of amides is 1. The number of rotatable bonds is 6. The maximum atomic E-state index is 12.8. The second-order valence-electron chi connectivity index (χ2n) is 6.84. The molecule has 0 fully saturated rings. The quantitative estimate of drug-likeness (QED) is 0.376. The maximum Gasteiger partial charge on any atom is 0.265 e. The summed E-state index contributed by atoms with van der Waals surface area (Å²) in [5, 5.41) is 3.67. The third-order valence-corrected chi connectivity index (χ3v) is 5.22. The Morgan fingerprint density at radius 3 is 2.58 bits per heavy atom. The van der Waals surface area contributed by atoms with E-state index in [1.54, 1.807) is 44.4 Å². The van der Waals surface area contributed by atoms with Crippen molar-refractivity contribution >= 4 is 45.8 Å². The number of aromatic nitrogens is 2. The molecule has 158 valence electrons. The summed E-state index contributed by atoms with van der Waals surface area (Å²) in [6, 6.07) is 18.0. The number of methoxy groups -OCH3 is 1. The van der Waals surface area contributed by atoms with Crippen LogP contribution in [0.25, 0.3) is 22.4 Å². The van der Waals surface area contributed by atoms with Crippen molar-refractivity contribution in [1.82, 2.24) is 9.97 Å². The van der Waals surface area contributed by atoms with E-state index in [0.717, 1.165) is 16.6 Å². The van der Waals surface area contributed by atoms with Crippen LogP contribution in [0.2, 0.25) is 10.0 Å². The van der Waals surface area contributed by atoms with E-state index in [1.165, 1.54) is 0 Å². The van der Waals surface area contributed by atoms with Gasteiger partial charge in [-0.25, -0.2) is 4.98 Å². The van der Waals surface area contributed by atoms with Crippen LogP contribution in [0.4, 0.5) is 5.69 Å². The van der Waals surface area contributed by atoms with Gasteiger partial charge in [-0.15, -0.1) is 0 Å². The molecule has 0 spiro atoms. The fraction of sp³-hybridized carbons (Fsp3) is 0.130. The Kier molecular flexibility index (Phi) is 6.02. The minimum atomic E-state index is -0.807. The highest BCUT2D eigenvalue weighted by Crippen LogP contribution is 2.32. The van der Waals surface area contributed by atoms with Gasteiger partial charge in [0.05, 0.1) is 28.9 Å². The van der Waals surface area contributed by atoms with Gasteiger partial charge >= 0.3 is 0 Å². The van der Waals surface area contributed by atoms with Crippen LogP contribution in [0.3, 0.4) is 0 Å². The zero-order valence-corrected chi connectivity index (χ0v) is 18.3. The highest BCUT2D eigenvalue weighted by atomic mass is 35.5. The monoisotopic (exact) mass is 455 g/mol. The van der Waals surface area contributed by atoms with Crippen molar-refractivity contribution in [2.24, 2.45) is 0 Å². The van der Waals surface area contributed by atoms with Crippen LogP contribution in [0, 0.1) is 0 Å². The smallest absolute Gasteiger partial charge is 0.265 e. The van der Waals surface area contributed by atoms with Crippen LogP contribution in [0.1, 0.15) is 6.92 Å². The van der Waals surface area contributed by atoms with Crippen molar-refractivity contribution < 1.29 is 14.3 Å². The van der Waals surface area contributed by atoms with Crippen molar-refractivity contribution in [3.05, 3.63) is 70.7 Å². The third-order valence-electron chi connectivity index (χ3n) is 4.69. The molecule has 31 heavy (non-hydrogen) atoms. The van der Waals surface area contributed by atoms with Crippen LogP contribution in [0.15, 0.2) is 60.7 Å². The van der Waals surface area contributed by atoms with Gasteiger partial charge in [-0.3, -0.25) is 4.79 Å². The van der Waals surface area contributed by atoms with Gasteiger partial charge in [-0.2, -0.15) is 0 Å². The minimum absolute atomic E-state index is 0.330. The molecular weight excluding hydrogens is 437 g/mol. The number of halogens is 2. The molecule has 4 aromatic rings. The number of ether oxygens (including phenoxy) is 2. The Hall–Kier alpha value is -3.22. The van der Waals surface area contributed by atoms with Crippen LogP contribution < -0.4 is 14.8 Å². The molecule has 1 heterocycles. The van der Waals surface area contributed by atoms with Crippen molar-refractivity contribution in [2.45, 2.75) is 13.0 Å². The van der Waals surface area contributed by atoms with E-state index in [2.05, 4.69) is 15.3 Å². The number of imidazole rings is 1. The Morgan fingerprint density at radius 2 is 1.84 bits per heavy atom. The summed E-state index contributed by atoms with van der Waals surface area (Å²) in [5.74, 6) is 1.23. The number of carbonyl (C=O) groups excluding carboxylic acids is 1. The molecule has 0 aliphatic rings. The van der Waals surface area contributed by atoms with E-state index in [-0.39, 0.29) is 5.91 Å². The van der Waals surface area contributed by atoms with Gasteiger partial charge in [0.15, 0.2) is 6.10 Å². The van der Waals surface area contributed by atoms with Crippen molar-refractivity contribution in [3.8, 4) is 22.9 Å². The second-order valence-corrected chi connectivity index (χ2v) is 7.69. The maximum absolute atomic E-state index is 12.8. The lowest BCUT2D eigenvalue weighted by Crippen LogP contribution is -2.30. The SMILES string of the molecule is COc1ccc(-c2nc3ccccc3[nH]2)cc1NC(=O)C(C)Oc1ccc(Cl)cc1Cl. The van der Waals surface area contributed by atoms with Crippen LogP contribution in [0.5, 0.6) is 11.5 Å². The number of nitrogens with one attached hydrogen (secondary N) is 2. The lowest BCUT2D eigenvalue weighted by molar-refractivity contribution is -0.122. The first kappa shape index (κ1) is 21.0. The van der Waals surface area contributed by atoms with Gasteiger partial charge < -0.3 is 19.8 Å². The van der Waals surface area contributed by atoms with Gasteiger partial charge in [0.1, 0.15) is 17.3 Å². The molecule has 1 aromatic heterocycles. The number of para-hydroxylation sites is 2. The van der Waals surface area contributed by atoms with Crippen molar-refractivity contribution in [2.75, 3.05) is 12.4 Å². The van der Waals surface area contributed by atoms with Crippen molar-refractivity contribution in [1.29, 1.82) is 0 Å². The summed E-state index contributed by atoms with van der Waals surface area (Å²) in [6.45, 7) is 1.63. The largest absolute Gasteiger partial charge is 0.495 e. The zero-order valence-electron chi connectivity index (χ0n) is 16.8. The Balaban J connectivity index is 1.56. The molecule has 0 saturated heterocycles. The van der Waals surface area contributed by atoms with Gasteiger partial charge in [0, 0.05) is 10.6 Å². The zero-order chi connectivity index (χ0) is 22.0. The molecule has 1 atom stereocenters. The molecule has 0 radical (unpaired) electrons. The van der Waals surface area contributed by atoms with Gasteiger partial charge in [-0.05, 0) is 55.5 Å². The van der Waals surface area contributed by atoms with Crippen molar-refractivity contribution in [3.63, 3.8) is 0 Å². The van der Waals surface area contributed by atoms with E-state index in [1.807, 2.05) is 30.3 Å². The lowest BCUT2D eigenvalue weighted by Gasteiger charge is -2.17. The molecule has 2 N–H and O–H groups in total. The molecule has 0 bridgehead atoms. The number of hydrogen-bond donors (Lipinski definition) is 2. The standard InChI is InChI=1S/C23H19Cl2N3O3/c1-13(31-20-10-8-15(24)12-16(20)25)23(29)28-19-11-14(7-9-21(19)30-2)22-26-17-5-3-4-6-18(17)27-22/h3-13H,1-2H3,(H,26,27)(H,28,29). The van der Waals surface area contributed by atoms with Crippen LogP contribution in [-0.2, 0) is 4.79 Å². The van der Waals surface area contributed by atoms with E-state index in [4.69, 9.17) is 32.7 Å². The number of carbonyl (C=O) groups is 1. The molecule has 0 aliphatic heterocycles. The molecule has 0 saturated carbocycles. The first-order valence-electron chi connectivity index (χ1n) is 9.50.